The molecular formula is C18H19N3OS3. The maximum atomic E-state index is 12.0. The number of hydrogen-bond acceptors (Lipinski definition) is 5. The Balaban J connectivity index is 1.45. The van der Waals surface area contributed by atoms with Gasteiger partial charge >= 0.3 is 0 Å². The van der Waals surface area contributed by atoms with Gasteiger partial charge in [-0.25, -0.2) is 4.98 Å². The minimum absolute atomic E-state index is 0.0867. The molecule has 25 heavy (non-hydrogen) atoms. The second-order valence-electron chi connectivity index (χ2n) is 6.11. The van der Waals surface area contributed by atoms with Crippen molar-refractivity contribution in [2.75, 3.05) is 12.3 Å². The zero-order valence-corrected chi connectivity index (χ0v) is 16.1. The highest BCUT2D eigenvalue weighted by molar-refractivity contribution is 7.99. The lowest BCUT2D eigenvalue weighted by Crippen LogP contribution is -2.33. The number of thioether (sulfide) groups is 1. The topological polar surface area (TPSA) is 57.8 Å². The Labute approximate surface area is 159 Å². The van der Waals surface area contributed by atoms with Crippen molar-refractivity contribution < 1.29 is 4.79 Å². The first-order valence-electron chi connectivity index (χ1n) is 8.37. The molecule has 3 aromatic heterocycles. The largest absolute Gasteiger partial charge is 0.355 e. The summed E-state index contributed by atoms with van der Waals surface area (Å²) in [6, 6.07) is 8.25. The third kappa shape index (κ3) is 3.99. The van der Waals surface area contributed by atoms with E-state index >= 15 is 0 Å². The fraction of sp³-hybridized carbons (Fsp3) is 0.333. The Bertz CT molecular complexity index is 768. The summed E-state index contributed by atoms with van der Waals surface area (Å²) >= 11 is 4.84. The molecule has 0 aliphatic heterocycles. The molecule has 0 spiro atoms. The molecule has 0 saturated heterocycles. The second-order valence-corrected chi connectivity index (χ2v) is 8.97. The van der Waals surface area contributed by atoms with E-state index in [-0.39, 0.29) is 5.91 Å². The highest BCUT2D eigenvalue weighted by Crippen LogP contribution is 2.36. The van der Waals surface area contributed by atoms with Crippen LogP contribution in [0.5, 0.6) is 0 Å². The Morgan fingerprint density at radius 3 is 2.64 bits per heavy atom. The molecule has 2 N–H and O–H groups in total. The predicted molar refractivity (Wildman–Crippen MR) is 106 cm³/mol. The lowest BCUT2D eigenvalue weighted by atomic mass is 9.85. The summed E-state index contributed by atoms with van der Waals surface area (Å²) < 4.78 is 0. The van der Waals surface area contributed by atoms with E-state index in [9.17, 15) is 4.79 Å². The van der Waals surface area contributed by atoms with Crippen LogP contribution in [-0.2, 0) is 4.79 Å². The Morgan fingerprint density at radius 1 is 1.24 bits per heavy atom. The van der Waals surface area contributed by atoms with Crippen molar-refractivity contribution in [3.8, 4) is 21.1 Å². The zero-order chi connectivity index (χ0) is 17.1. The van der Waals surface area contributed by atoms with Crippen LogP contribution in [0.3, 0.4) is 0 Å². The van der Waals surface area contributed by atoms with Crippen molar-refractivity contribution in [1.29, 1.82) is 0 Å². The van der Waals surface area contributed by atoms with Gasteiger partial charge < -0.3 is 10.3 Å². The van der Waals surface area contributed by atoms with Crippen molar-refractivity contribution in [2.24, 2.45) is 5.92 Å². The van der Waals surface area contributed by atoms with Crippen LogP contribution in [0.15, 0.2) is 40.2 Å². The highest BCUT2D eigenvalue weighted by Gasteiger charge is 2.19. The number of nitrogens with zero attached hydrogens (tertiary/aromatic N) is 1. The first-order chi connectivity index (χ1) is 12.3. The van der Waals surface area contributed by atoms with Gasteiger partial charge in [0.2, 0.25) is 5.91 Å². The SMILES string of the molecule is O=C(CSc1nc(-c2cccs2)c(-c2cccs2)[nH]1)NCC1CCC1. The minimum atomic E-state index is 0.0867. The summed E-state index contributed by atoms with van der Waals surface area (Å²) in [4.78, 5) is 22.5. The van der Waals surface area contributed by atoms with Crippen LogP contribution < -0.4 is 5.32 Å². The molecule has 7 heteroatoms. The second kappa shape index (κ2) is 7.76. The summed E-state index contributed by atoms with van der Waals surface area (Å²) in [5, 5.41) is 7.95. The first-order valence-corrected chi connectivity index (χ1v) is 11.1. The number of hydrogen-bond donors (Lipinski definition) is 2. The first kappa shape index (κ1) is 16.9. The monoisotopic (exact) mass is 389 g/mol. The molecule has 0 radical (unpaired) electrons. The van der Waals surface area contributed by atoms with Crippen LogP contribution in [0.2, 0.25) is 0 Å². The van der Waals surface area contributed by atoms with Gasteiger partial charge in [-0.1, -0.05) is 30.3 Å². The highest BCUT2D eigenvalue weighted by atomic mass is 32.2. The van der Waals surface area contributed by atoms with Crippen molar-refractivity contribution >= 4 is 40.3 Å². The molecule has 1 fully saturated rings. The van der Waals surface area contributed by atoms with Crippen LogP contribution in [0.1, 0.15) is 19.3 Å². The molecule has 0 unspecified atom stereocenters. The molecule has 0 atom stereocenters. The van der Waals surface area contributed by atoms with Crippen LogP contribution in [0, 0.1) is 5.92 Å². The van der Waals surface area contributed by atoms with E-state index in [1.54, 1.807) is 22.7 Å². The van der Waals surface area contributed by atoms with Crippen LogP contribution >= 0.6 is 34.4 Å². The van der Waals surface area contributed by atoms with E-state index in [1.807, 2.05) is 12.1 Å². The number of carbonyl (C=O) groups is 1. The number of rotatable bonds is 7. The number of imidazole rings is 1. The van der Waals surface area contributed by atoms with E-state index < -0.39 is 0 Å². The molecule has 0 aromatic carbocycles. The lowest BCUT2D eigenvalue weighted by Gasteiger charge is -2.25. The average molecular weight is 390 g/mol. The van der Waals surface area contributed by atoms with Gasteiger partial charge in [0.25, 0.3) is 0 Å². The van der Waals surface area contributed by atoms with E-state index in [0.29, 0.717) is 11.7 Å². The Morgan fingerprint density at radius 2 is 2.00 bits per heavy atom. The van der Waals surface area contributed by atoms with E-state index in [2.05, 4.69) is 33.2 Å². The van der Waals surface area contributed by atoms with E-state index in [0.717, 1.165) is 32.8 Å². The third-order valence-corrected chi connectivity index (χ3v) is 6.99. The average Bonchev–Trinajstić information content (AvgIpc) is 3.30. The molecule has 0 bridgehead atoms. The maximum Gasteiger partial charge on any atom is 0.230 e. The number of H-pyrrole nitrogens is 1. The number of amides is 1. The molecule has 3 aromatic rings. The number of aromatic nitrogens is 2. The van der Waals surface area contributed by atoms with Crippen LogP contribution in [-0.4, -0.2) is 28.2 Å². The fourth-order valence-electron chi connectivity index (χ4n) is 2.75. The summed E-state index contributed by atoms with van der Waals surface area (Å²) in [5.74, 6) is 1.17. The van der Waals surface area contributed by atoms with Gasteiger partial charge in [0.15, 0.2) is 5.16 Å². The normalized spacial score (nSPS) is 14.4. The fourth-order valence-corrected chi connectivity index (χ4v) is 4.90. The molecule has 4 rings (SSSR count). The molecule has 1 saturated carbocycles. The van der Waals surface area contributed by atoms with Gasteiger partial charge in [0, 0.05) is 6.54 Å². The molecule has 1 aliphatic carbocycles. The van der Waals surface area contributed by atoms with Gasteiger partial charge in [-0.2, -0.15) is 0 Å². The van der Waals surface area contributed by atoms with Gasteiger partial charge in [-0.05, 0) is 41.7 Å². The molecule has 1 amide bonds. The van der Waals surface area contributed by atoms with Crippen LogP contribution in [0.4, 0.5) is 0 Å². The van der Waals surface area contributed by atoms with Gasteiger partial charge in [0.05, 0.1) is 21.2 Å². The predicted octanol–water partition coefficient (Wildman–Crippen LogP) is 4.88. The standard InChI is InChI=1S/C18H19N3OS3/c22-15(19-10-12-4-1-5-12)11-25-18-20-16(13-6-2-8-23-13)17(21-18)14-7-3-9-24-14/h2-3,6-9,12H,1,4-5,10-11H2,(H,19,22)(H,20,21). The summed E-state index contributed by atoms with van der Waals surface area (Å²) in [6.07, 6.45) is 3.80. The van der Waals surface area contributed by atoms with E-state index in [1.165, 1.54) is 31.0 Å². The molecule has 3 heterocycles. The number of nitrogens with one attached hydrogen (secondary N) is 2. The van der Waals surface area contributed by atoms with Crippen molar-refractivity contribution in [3.05, 3.63) is 35.0 Å². The number of carbonyl (C=O) groups excluding carboxylic acids is 1. The molecule has 4 nitrogen and oxygen atoms in total. The van der Waals surface area contributed by atoms with Gasteiger partial charge in [-0.15, -0.1) is 22.7 Å². The maximum absolute atomic E-state index is 12.0. The van der Waals surface area contributed by atoms with Crippen molar-refractivity contribution in [1.82, 2.24) is 15.3 Å². The zero-order valence-electron chi connectivity index (χ0n) is 13.7. The molecular weight excluding hydrogens is 370 g/mol. The summed E-state index contributed by atoms with van der Waals surface area (Å²) in [7, 11) is 0. The van der Waals surface area contributed by atoms with Crippen molar-refractivity contribution in [2.45, 2.75) is 24.4 Å². The van der Waals surface area contributed by atoms with Gasteiger partial charge in [0.1, 0.15) is 5.69 Å². The van der Waals surface area contributed by atoms with Gasteiger partial charge in [-0.3, -0.25) is 4.79 Å². The summed E-state index contributed by atoms with van der Waals surface area (Å²) in [5.41, 5.74) is 2.00. The van der Waals surface area contributed by atoms with E-state index in [4.69, 9.17) is 4.98 Å². The Kier molecular flexibility index (Phi) is 5.24. The number of aromatic amines is 1. The quantitative estimate of drug-likeness (QED) is 0.567. The van der Waals surface area contributed by atoms with Crippen LogP contribution in [0.25, 0.3) is 21.1 Å². The summed E-state index contributed by atoms with van der Waals surface area (Å²) in [6.45, 7) is 0.818. The number of thiophene rings is 2. The minimum Gasteiger partial charge on any atom is -0.355 e. The van der Waals surface area contributed by atoms with Crippen molar-refractivity contribution in [3.63, 3.8) is 0 Å². The molecule has 1 aliphatic rings. The molecule has 130 valence electrons. The third-order valence-electron chi connectivity index (χ3n) is 4.36. The Hall–Kier alpha value is -1.57. The lowest BCUT2D eigenvalue weighted by molar-refractivity contribution is -0.118. The smallest absolute Gasteiger partial charge is 0.230 e.